The van der Waals surface area contributed by atoms with Gasteiger partial charge in [0.2, 0.25) is 5.91 Å². The summed E-state index contributed by atoms with van der Waals surface area (Å²) in [4.78, 5) is 55.7. The number of fused-ring (bicyclic) bond motifs is 2. The second-order valence-corrected chi connectivity index (χ2v) is 9.32. The normalized spacial score (nSPS) is 17.4. The summed E-state index contributed by atoms with van der Waals surface area (Å²) in [6.45, 7) is 0.476. The Kier molecular flexibility index (Phi) is 6.90. The van der Waals surface area contributed by atoms with E-state index in [2.05, 4.69) is 31.0 Å². The van der Waals surface area contributed by atoms with E-state index >= 15 is 0 Å². The molecule has 1 fully saturated rings. The number of hydrogen-bond donors (Lipinski definition) is 4. The van der Waals surface area contributed by atoms with E-state index in [4.69, 9.17) is 4.42 Å². The number of aromatic nitrogens is 4. The number of rotatable bonds is 7. The monoisotopic (exact) mass is 523 g/mol. The average molecular weight is 524 g/mol. The molecule has 1 aromatic carbocycles. The van der Waals surface area contributed by atoms with E-state index in [1.165, 1.54) is 6.07 Å². The minimum absolute atomic E-state index is 0.0104. The molecule has 0 unspecified atom stereocenters. The molecule has 3 amide bonds. The average Bonchev–Trinajstić information content (AvgIpc) is 3.50. The molecule has 198 valence electrons. The fourth-order valence-electron chi connectivity index (χ4n) is 4.76. The molecule has 0 saturated heterocycles. The lowest BCUT2D eigenvalue weighted by molar-refractivity contribution is -0.125. The van der Waals surface area contributed by atoms with E-state index in [-0.39, 0.29) is 41.3 Å². The van der Waals surface area contributed by atoms with Crippen molar-refractivity contribution in [1.29, 1.82) is 0 Å². The van der Waals surface area contributed by atoms with Crippen LogP contribution in [0.3, 0.4) is 0 Å². The quantitative estimate of drug-likeness (QED) is 0.285. The highest BCUT2D eigenvalue weighted by atomic mass is 19.1. The molecule has 4 N–H and O–H groups in total. The van der Waals surface area contributed by atoms with Gasteiger partial charge in [0.15, 0.2) is 17.0 Å². The topological polar surface area (TPSA) is 163 Å². The first kappa shape index (κ1) is 25.1. The molecule has 12 nitrogen and oxygen atoms in total. The standard InChI is InChI=1S/C25H26FN7O5/c1-27-22(34)15-5-2-13(3-6-15)10-29-24(36)19-9-18(31-21-16(26)12-30-33(19)21)23(35)28-11-14-4-7-20-17(8-14)32-25(37)38-20/h4,7-9,12-13,15H,2-3,5-6,10-11H2,1H3,(H,27,34)(H,28,35)(H,29,36)(H,32,37). The summed E-state index contributed by atoms with van der Waals surface area (Å²) in [6.07, 6.45) is 4.02. The highest BCUT2D eigenvalue weighted by Gasteiger charge is 2.26. The van der Waals surface area contributed by atoms with Crippen LogP contribution in [0.15, 0.2) is 39.7 Å². The third kappa shape index (κ3) is 5.12. The number of nitrogens with one attached hydrogen (secondary N) is 4. The number of amides is 3. The number of oxazole rings is 1. The number of carbonyl (C=O) groups excluding carboxylic acids is 3. The van der Waals surface area contributed by atoms with Crippen LogP contribution in [0.2, 0.25) is 0 Å². The second kappa shape index (κ2) is 10.4. The molecule has 0 bridgehead atoms. The van der Waals surface area contributed by atoms with Crippen molar-refractivity contribution in [2.45, 2.75) is 32.2 Å². The Balaban J connectivity index is 1.27. The van der Waals surface area contributed by atoms with E-state index in [9.17, 15) is 23.6 Å². The summed E-state index contributed by atoms with van der Waals surface area (Å²) >= 11 is 0. The first-order chi connectivity index (χ1) is 18.3. The Morgan fingerprint density at radius 2 is 1.92 bits per heavy atom. The molecule has 3 heterocycles. The van der Waals surface area contributed by atoms with Gasteiger partial charge in [-0.25, -0.2) is 18.7 Å². The van der Waals surface area contributed by atoms with E-state index in [0.29, 0.717) is 23.2 Å². The smallest absolute Gasteiger partial charge is 0.408 e. The lowest BCUT2D eigenvalue weighted by Crippen LogP contribution is -2.35. The van der Waals surface area contributed by atoms with Gasteiger partial charge in [-0.05, 0) is 49.3 Å². The Morgan fingerprint density at radius 1 is 1.13 bits per heavy atom. The molecule has 13 heteroatoms. The Hall–Kier alpha value is -4.55. The van der Waals surface area contributed by atoms with E-state index < -0.39 is 23.4 Å². The van der Waals surface area contributed by atoms with Crippen molar-refractivity contribution < 1.29 is 23.2 Å². The number of H-pyrrole nitrogens is 1. The van der Waals surface area contributed by atoms with Gasteiger partial charge in [0, 0.05) is 32.1 Å². The van der Waals surface area contributed by atoms with Crippen LogP contribution >= 0.6 is 0 Å². The molecular formula is C25H26FN7O5. The molecule has 5 rings (SSSR count). The Labute approximate surface area is 215 Å². The molecule has 1 aliphatic carbocycles. The first-order valence-electron chi connectivity index (χ1n) is 12.3. The van der Waals surface area contributed by atoms with Crippen molar-refractivity contribution in [1.82, 2.24) is 35.5 Å². The zero-order valence-electron chi connectivity index (χ0n) is 20.5. The molecule has 4 aromatic rings. The van der Waals surface area contributed by atoms with E-state index in [1.54, 1.807) is 25.2 Å². The summed E-state index contributed by atoms with van der Waals surface area (Å²) in [5, 5.41) is 12.1. The van der Waals surface area contributed by atoms with Gasteiger partial charge in [-0.15, -0.1) is 0 Å². The zero-order chi connectivity index (χ0) is 26.8. The minimum atomic E-state index is -0.768. The number of benzene rings is 1. The van der Waals surface area contributed by atoms with Crippen molar-refractivity contribution in [2.24, 2.45) is 11.8 Å². The van der Waals surface area contributed by atoms with Gasteiger partial charge < -0.3 is 20.4 Å². The molecule has 0 spiro atoms. The molecule has 38 heavy (non-hydrogen) atoms. The highest BCUT2D eigenvalue weighted by Crippen LogP contribution is 2.28. The number of hydrogen-bond acceptors (Lipinski definition) is 7. The van der Waals surface area contributed by atoms with Crippen LogP contribution in [-0.4, -0.2) is 50.9 Å². The van der Waals surface area contributed by atoms with Crippen LogP contribution in [0.5, 0.6) is 0 Å². The van der Waals surface area contributed by atoms with Gasteiger partial charge in [-0.1, -0.05) is 6.07 Å². The Bertz CT molecular complexity index is 1580. The summed E-state index contributed by atoms with van der Waals surface area (Å²) in [5.74, 6) is -2.25. The fraction of sp³-hybridized carbons (Fsp3) is 0.360. The molecule has 1 saturated carbocycles. The summed E-state index contributed by atoms with van der Waals surface area (Å²) in [7, 11) is 1.62. The summed E-state index contributed by atoms with van der Waals surface area (Å²) in [5.41, 5.74) is 1.15. The molecule has 0 radical (unpaired) electrons. The third-order valence-corrected chi connectivity index (χ3v) is 6.85. The van der Waals surface area contributed by atoms with Gasteiger partial charge in [0.1, 0.15) is 11.4 Å². The van der Waals surface area contributed by atoms with Crippen molar-refractivity contribution in [3.05, 3.63) is 63.8 Å². The van der Waals surface area contributed by atoms with Gasteiger partial charge in [0.05, 0.1) is 11.7 Å². The van der Waals surface area contributed by atoms with Crippen molar-refractivity contribution in [3.63, 3.8) is 0 Å². The largest absolute Gasteiger partial charge is 0.417 e. The van der Waals surface area contributed by atoms with Crippen LogP contribution in [0, 0.1) is 17.7 Å². The maximum absolute atomic E-state index is 14.4. The maximum Gasteiger partial charge on any atom is 0.417 e. The number of carbonyl (C=O) groups is 3. The van der Waals surface area contributed by atoms with Crippen LogP contribution in [0.25, 0.3) is 16.7 Å². The van der Waals surface area contributed by atoms with Crippen LogP contribution in [0.1, 0.15) is 52.2 Å². The van der Waals surface area contributed by atoms with Crippen LogP contribution in [-0.2, 0) is 11.3 Å². The van der Waals surface area contributed by atoms with E-state index in [1.807, 2.05) is 0 Å². The predicted octanol–water partition coefficient (Wildman–Crippen LogP) is 1.52. The molecular weight excluding hydrogens is 497 g/mol. The first-order valence-corrected chi connectivity index (χ1v) is 12.3. The number of aromatic amines is 1. The molecule has 1 aliphatic rings. The summed E-state index contributed by atoms with van der Waals surface area (Å²) < 4.78 is 20.4. The number of nitrogens with zero attached hydrogens (tertiary/aromatic N) is 3. The second-order valence-electron chi connectivity index (χ2n) is 9.32. The number of halogens is 1. The molecule has 0 aliphatic heterocycles. The highest BCUT2D eigenvalue weighted by molar-refractivity contribution is 5.98. The molecule has 3 aromatic heterocycles. The van der Waals surface area contributed by atoms with Gasteiger partial charge in [-0.2, -0.15) is 5.10 Å². The SMILES string of the molecule is CNC(=O)C1CCC(CNC(=O)c2cc(C(=O)NCc3ccc4oc(=O)[nH]c4c3)nc3c(F)cnn23)CC1. The lowest BCUT2D eigenvalue weighted by atomic mass is 9.81. The van der Waals surface area contributed by atoms with E-state index in [0.717, 1.165) is 36.4 Å². The predicted molar refractivity (Wildman–Crippen MR) is 133 cm³/mol. The van der Waals surface area contributed by atoms with Gasteiger partial charge >= 0.3 is 5.76 Å². The van der Waals surface area contributed by atoms with Crippen molar-refractivity contribution >= 4 is 34.5 Å². The third-order valence-electron chi connectivity index (χ3n) is 6.85. The minimum Gasteiger partial charge on any atom is -0.408 e. The van der Waals surface area contributed by atoms with Gasteiger partial charge in [0.25, 0.3) is 11.8 Å². The van der Waals surface area contributed by atoms with Crippen LogP contribution in [0.4, 0.5) is 4.39 Å². The zero-order valence-corrected chi connectivity index (χ0v) is 20.5. The van der Waals surface area contributed by atoms with Crippen LogP contribution < -0.4 is 21.7 Å². The maximum atomic E-state index is 14.4. The summed E-state index contributed by atoms with van der Waals surface area (Å²) in [6, 6.07) is 6.22. The van der Waals surface area contributed by atoms with Crippen molar-refractivity contribution in [2.75, 3.05) is 13.6 Å². The lowest BCUT2D eigenvalue weighted by Gasteiger charge is -2.27. The van der Waals surface area contributed by atoms with Crippen molar-refractivity contribution in [3.8, 4) is 0 Å². The Morgan fingerprint density at radius 3 is 2.68 bits per heavy atom. The molecule has 0 atom stereocenters. The fourth-order valence-corrected chi connectivity index (χ4v) is 4.76. The van der Waals surface area contributed by atoms with Gasteiger partial charge in [-0.3, -0.25) is 19.4 Å².